The van der Waals surface area contributed by atoms with Crippen LogP contribution in [0.1, 0.15) is 31.9 Å². The normalized spacial score (nSPS) is 30.5. The van der Waals surface area contributed by atoms with E-state index < -0.39 is 6.10 Å². The van der Waals surface area contributed by atoms with E-state index in [-0.39, 0.29) is 36.7 Å². The van der Waals surface area contributed by atoms with Crippen molar-refractivity contribution in [2.75, 3.05) is 0 Å². The van der Waals surface area contributed by atoms with Gasteiger partial charge in [0.15, 0.2) is 6.10 Å². The van der Waals surface area contributed by atoms with Crippen LogP contribution < -0.4 is 0 Å². The molecule has 2 aliphatic heterocycles. The molecular formula is C15H17NO4. The van der Waals surface area contributed by atoms with E-state index in [1.54, 1.807) is 11.8 Å². The largest absolute Gasteiger partial charge is 0.459 e. The minimum absolute atomic E-state index is 0.128. The predicted molar refractivity (Wildman–Crippen MR) is 70.9 cm³/mol. The first-order valence-corrected chi connectivity index (χ1v) is 6.81. The van der Waals surface area contributed by atoms with Crippen molar-refractivity contribution in [1.82, 2.24) is 4.90 Å². The summed E-state index contributed by atoms with van der Waals surface area (Å²) in [5.41, 5.74) is 1.02. The molecule has 0 aromatic heterocycles. The van der Waals surface area contributed by atoms with Gasteiger partial charge in [0, 0.05) is 0 Å². The van der Waals surface area contributed by atoms with Gasteiger partial charge in [-0.25, -0.2) is 4.79 Å². The Balaban J connectivity index is 1.89. The maximum Gasteiger partial charge on any atom is 0.411 e. The number of carbonyl (C=O) groups excluding carboxylic acids is 2. The second-order valence-electron chi connectivity index (χ2n) is 5.31. The molecule has 2 fully saturated rings. The van der Waals surface area contributed by atoms with E-state index in [9.17, 15) is 9.59 Å². The van der Waals surface area contributed by atoms with Gasteiger partial charge in [0.2, 0.25) is 0 Å². The van der Waals surface area contributed by atoms with Crippen molar-refractivity contribution in [2.45, 2.75) is 44.6 Å². The number of esters is 1. The Morgan fingerprint density at radius 3 is 2.60 bits per heavy atom. The molecule has 2 heterocycles. The molecule has 0 spiro atoms. The molecule has 0 unspecified atom stereocenters. The molecule has 2 aliphatic rings. The number of ether oxygens (including phenoxy) is 2. The third-order valence-electron chi connectivity index (χ3n) is 4.04. The van der Waals surface area contributed by atoms with Crippen molar-refractivity contribution in [3.63, 3.8) is 0 Å². The third kappa shape index (κ3) is 2.03. The quantitative estimate of drug-likeness (QED) is 0.777. The zero-order valence-corrected chi connectivity index (χ0v) is 11.5. The van der Waals surface area contributed by atoms with Crippen LogP contribution in [0.2, 0.25) is 0 Å². The lowest BCUT2D eigenvalue weighted by Crippen LogP contribution is -2.48. The molecule has 3 rings (SSSR count). The fourth-order valence-corrected chi connectivity index (χ4v) is 3.00. The number of cyclic esters (lactones) is 1. The Kier molecular flexibility index (Phi) is 3.12. The number of hydrogen-bond acceptors (Lipinski definition) is 4. The molecule has 1 aromatic carbocycles. The number of amides is 1. The number of rotatable bonds is 2. The molecule has 0 aliphatic carbocycles. The highest BCUT2D eigenvalue weighted by atomic mass is 16.6. The molecule has 20 heavy (non-hydrogen) atoms. The fraction of sp³-hybridized carbons (Fsp3) is 0.467. The minimum Gasteiger partial charge on any atom is -0.459 e. The van der Waals surface area contributed by atoms with Gasteiger partial charge in [-0.2, -0.15) is 0 Å². The lowest BCUT2D eigenvalue weighted by Gasteiger charge is -2.34. The minimum atomic E-state index is -0.391. The van der Waals surface area contributed by atoms with Crippen molar-refractivity contribution < 1.29 is 19.1 Å². The number of fused-ring (bicyclic) bond motifs is 1. The summed E-state index contributed by atoms with van der Waals surface area (Å²) < 4.78 is 10.5. The Morgan fingerprint density at radius 1 is 1.20 bits per heavy atom. The number of nitrogens with zero attached hydrogens (tertiary/aromatic N) is 1. The van der Waals surface area contributed by atoms with Gasteiger partial charge in [0.05, 0.1) is 18.5 Å². The molecular weight excluding hydrogens is 258 g/mol. The number of carbonyl (C=O) groups is 2. The average molecular weight is 275 g/mol. The zero-order chi connectivity index (χ0) is 14.3. The monoisotopic (exact) mass is 275 g/mol. The third-order valence-corrected chi connectivity index (χ3v) is 4.04. The summed E-state index contributed by atoms with van der Waals surface area (Å²) in [6.07, 6.45) is -0.941. The van der Waals surface area contributed by atoms with Gasteiger partial charge in [-0.3, -0.25) is 9.69 Å². The topological polar surface area (TPSA) is 55.8 Å². The fourth-order valence-electron chi connectivity index (χ4n) is 3.00. The molecule has 1 aromatic rings. The van der Waals surface area contributed by atoms with E-state index in [1.807, 2.05) is 37.3 Å². The smallest absolute Gasteiger partial charge is 0.411 e. The van der Waals surface area contributed by atoms with Crippen molar-refractivity contribution in [2.24, 2.45) is 0 Å². The van der Waals surface area contributed by atoms with Crippen LogP contribution in [0.25, 0.3) is 0 Å². The van der Waals surface area contributed by atoms with Gasteiger partial charge < -0.3 is 9.47 Å². The molecule has 0 saturated carbocycles. The maximum absolute atomic E-state index is 12.1. The molecule has 5 heteroatoms. The van der Waals surface area contributed by atoms with Crippen LogP contribution in [0, 0.1) is 0 Å². The molecule has 5 nitrogen and oxygen atoms in total. The van der Waals surface area contributed by atoms with Crippen LogP contribution >= 0.6 is 0 Å². The summed E-state index contributed by atoms with van der Waals surface area (Å²) in [5.74, 6) is -0.276. The number of hydrogen-bond donors (Lipinski definition) is 0. The summed E-state index contributed by atoms with van der Waals surface area (Å²) in [7, 11) is 0. The molecule has 0 radical (unpaired) electrons. The van der Waals surface area contributed by atoms with E-state index in [0.29, 0.717) is 0 Å². The summed E-state index contributed by atoms with van der Waals surface area (Å²) in [6, 6.07) is 9.36. The van der Waals surface area contributed by atoms with Gasteiger partial charge in [0.1, 0.15) is 6.10 Å². The second-order valence-corrected chi connectivity index (χ2v) is 5.31. The first-order valence-electron chi connectivity index (χ1n) is 6.81. The van der Waals surface area contributed by atoms with Gasteiger partial charge in [-0.1, -0.05) is 30.3 Å². The van der Waals surface area contributed by atoms with E-state index in [1.165, 1.54) is 0 Å². The van der Waals surface area contributed by atoms with Gasteiger partial charge >= 0.3 is 12.1 Å². The summed E-state index contributed by atoms with van der Waals surface area (Å²) >= 11 is 0. The zero-order valence-electron chi connectivity index (χ0n) is 11.5. The van der Waals surface area contributed by atoms with Crippen LogP contribution in [0.5, 0.6) is 0 Å². The maximum atomic E-state index is 12.1. The van der Waals surface area contributed by atoms with Crippen molar-refractivity contribution in [1.29, 1.82) is 0 Å². The first-order chi connectivity index (χ1) is 9.58. The lowest BCUT2D eigenvalue weighted by molar-refractivity contribution is -0.162. The molecule has 4 atom stereocenters. The highest BCUT2D eigenvalue weighted by Crippen LogP contribution is 2.36. The molecule has 2 saturated heterocycles. The van der Waals surface area contributed by atoms with Gasteiger partial charge in [0.25, 0.3) is 0 Å². The Morgan fingerprint density at radius 2 is 1.90 bits per heavy atom. The first kappa shape index (κ1) is 13.0. The highest BCUT2D eigenvalue weighted by Gasteiger charge is 2.51. The number of benzene rings is 1. The standard InChI is InChI=1S/C15H17NO4/c1-9(11-6-4-3-5-7-11)16-12-8-13(17)19-10(2)14(12)20-15(16)18/h3-7,9-10,12,14H,8H2,1-2H3/t9-,10-,12+,14+/m1/s1. The van der Waals surface area contributed by atoms with Crippen LogP contribution in [0.4, 0.5) is 4.79 Å². The van der Waals surface area contributed by atoms with Crippen LogP contribution in [-0.4, -0.2) is 35.2 Å². The van der Waals surface area contributed by atoms with Crippen LogP contribution in [0.15, 0.2) is 30.3 Å². The van der Waals surface area contributed by atoms with Crippen LogP contribution in [0.3, 0.4) is 0 Å². The van der Waals surface area contributed by atoms with E-state index in [0.717, 1.165) is 5.56 Å². The van der Waals surface area contributed by atoms with Crippen molar-refractivity contribution in [3.8, 4) is 0 Å². The molecule has 0 bridgehead atoms. The summed E-state index contributed by atoms with van der Waals surface area (Å²) in [6.45, 7) is 3.71. The Hall–Kier alpha value is -2.04. The molecule has 0 N–H and O–H groups in total. The second kappa shape index (κ2) is 4.81. The molecule has 1 amide bonds. The van der Waals surface area contributed by atoms with E-state index in [4.69, 9.17) is 9.47 Å². The van der Waals surface area contributed by atoms with Gasteiger partial charge in [-0.15, -0.1) is 0 Å². The SMILES string of the molecule is C[C@H](c1ccccc1)N1C(=O)O[C@H]2[C@@H](C)OC(=O)C[C@@H]21. The van der Waals surface area contributed by atoms with Crippen molar-refractivity contribution in [3.05, 3.63) is 35.9 Å². The summed E-state index contributed by atoms with van der Waals surface area (Å²) in [5, 5.41) is 0. The Bertz CT molecular complexity index is 530. The Labute approximate surface area is 117 Å². The van der Waals surface area contributed by atoms with E-state index in [2.05, 4.69) is 0 Å². The molecule has 106 valence electrons. The predicted octanol–water partition coefficient (Wildman–Crippen LogP) is 2.27. The average Bonchev–Trinajstić information content (AvgIpc) is 2.76. The van der Waals surface area contributed by atoms with E-state index >= 15 is 0 Å². The lowest BCUT2D eigenvalue weighted by atomic mass is 9.97. The van der Waals surface area contributed by atoms with Crippen molar-refractivity contribution >= 4 is 12.1 Å². The highest BCUT2D eigenvalue weighted by molar-refractivity contribution is 5.77. The van der Waals surface area contributed by atoms with Crippen LogP contribution in [-0.2, 0) is 14.3 Å². The summed E-state index contributed by atoms with van der Waals surface area (Å²) in [4.78, 5) is 25.4. The van der Waals surface area contributed by atoms with Gasteiger partial charge in [-0.05, 0) is 19.4 Å².